The SMILES string of the molecule is O=C(NCCCCCN1CCN(C(=O)c2cc(Cc3n[nH]c(=O)c4ccccc34)ccc2F)CC1)c1ccnc(F)c1. The monoisotopic (exact) mass is 574 g/mol. The van der Waals surface area contributed by atoms with Crippen LogP contribution in [0.1, 0.15) is 51.2 Å². The lowest BCUT2D eigenvalue weighted by molar-refractivity contribution is 0.0630. The van der Waals surface area contributed by atoms with Crippen molar-refractivity contribution in [2.75, 3.05) is 39.3 Å². The van der Waals surface area contributed by atoms with Crippen LogP contribution in [-0.4, -0.2) is 76.1 Å². The largest absolute Gasteiger partial charge is 0.352 e. The first kappa shape index (κ1) is 29.0. The fourth-order valence-corrected chi connectivity index (χ4v) is 5.18. The summed E-state index contributed by atoms with van der Waals surface area (Å²) in [5.41, 5.74) is 1.39. The number of rotatable bonds is 10. The van der Waals surface area contributed by atoms with Gasteiger partial charge in [0.05, 0.1) is 16.6 Å². The summed E-state index contributed by atoms with van der Waals surface area (Å²) in [6.07, 6.45) is 4.27. The number of piperazine rings is 1. The zero-order valence-corrected chi connectivity index (χ0v) is 23.1. The summed E-state index contributed by atoms with van der Waals surface area (Å²) in [7, 11) is 0. The molecule has 11 heteroatoms. The second kappa shape index (κ2) is 13.4. The molecule has 1 aliphatic rings. The number of carbonyl (C=O) groups excluding carboxylic acids is 2. The number of unbranched alkanes of at least 4 members (excludes halogenated alkanes) is 2. The summed E-state index contributed by atoms with van der Waals surface area (Å²) in [5, 5.41) is 10.8. The van der Waals surface area contributed by atoms with E-state index in [2.05, 4.69) is 25.4 Å². The molecule has 2 amide bonds. The lowest BCUT2D eigenvalue weighted by Crippen LogP contribution is -2.49. The lowest BCUT2D eigenvalue weighted by Gasteiger charge is -2.35. The molecule has 2 aromatic carbocycles. The van der Waals surface area contributed by atoms with Crippen LogP contribution < -0.4 is 10.9 Å². The second-order valence-electron chi connectivity index (χ2n) is 10.4. The predicted octanol–water partition coefficient (Wildman–Crippen LogP) is 3.55. The number of hydrogen-bond donors (Lipinski definition) is 2. The number of nitrogens with one attached hydrogen (secondary N) is 2. The number of nitrogens with zero attached hydrogens (tertiary/aromatic N) is 4. The van der Waals surface area contributed by atoms with Crippen LogP contribution in [0.15, 0.2) is 65.6 Å². The zero-order valence-electron chi connectivity index (χ0n) is 23.1. The maximum absolute atomic E-state index is 14.8. The molecule has 1 fully saturated rings. The number of fused-ring (bicyclic) bond motifs is 1. The maximum atomic E-state index is 14.8. The first-order valence-electron chi connectivity index (χ1n) is 14.0. The second-order valence-corrected chi connectivity index (χ2v) is 10.4. The van der Waals surface area contributed by atoms with E-state index in [9.17, 15) is 23.2 Å². The molecule has 0 spiro atoms. The molecule has 0 saturated carbocycles. The Morgan fingerprint density at radius 3 is 2.50 bits per heavy atom. The number of amides is 2. The first-order chi connectivity index (χ1) is 20.4. The van der Waals surface area contributed by atoms with Gasteiger partial charge in [0.25, 0.3) is 17.4 Å². The molecule has 0 unspecified atom stereocenters. The highest BCUT2D eigenvalue weighted by Crippen LogP contribution is 2.20. The average molecular weight is 575 g/mol. The highest BCUT2D eigenvalue weighted by atomic mass is 19.1. The van der Waals surface area contributed by atoms with E-state index in [1.165, 1.54) is 18.3 Å². The Balaban J connectivity index is 1.08. The molecule has 2 N–H and O–H groups in total. The number of carbonyl (C=O) groups is 2. The molecule has 1 saturated heterocycles. The van der Waals surface area contributed by atoms with Gasteiger partial charge in [0, 0.05) is 62.4 Å². The van der Waals surface area contributed by atoms with Gasteiger partial charge in [0.15, 0.2) is 0 Å². The van der Waals surface area contributed by atoms with Gasteiger partial charge in [-0.05, 0) is 49.2 Å². The van der Waals surface area contributed by atoms with Crippen molar-refractivity contribution in [3.05, 3.63) is 105 Å². The smallest absolute Gasteiger partial charge is 0.272 e. The first-order valence-corrected chi connectivity index (χ1v) is 14.0. The van der Waals surface area contributed by atoms with Crippen molar-refractivity contribution in [2.45, 2.75) is 25.7 Å². The molecule has 0 atom stereocenters. The molecule has 0 radical (unpaired) electrons. The van der Waals surface area contributed by atoms with Crippen LogP contribution >= 0.6 is 0 Å². The van der Waals surface area contributed by atoms with Crippen molar-refractivity contribution in [3.63, 3.8) is 0 Å². The van der Waals surface area contributed by atoms with E-state index in [0.29, 0.717) is 50.2 Å². The molecule has 218 valence electrons. The summed E-state index contributed by atoms with van der Waals surface area (Å²) in [4.78, 5) is 44.8. The fourth-order valence-electron chi connectivity index (χ4n) is 5.18. The topological polar surface area (TPSA) is 111 Å². The van der Waals surface area contributed by atoms with E-state index in [-0.39, 0.29) is 28.5 Å². The van der Waals surface area contributed by atoms with Crippen LogP contribution in [0.5, 0.6) is 0 Å². The van der Waals surface area contributed by atoms with E-state index in [4.69, 9.17) is 0 Å². The molecule has 3 heterocycles. The van der Waals surface area contributed by atoms with Gasteiger partial charge in [-0.15, -0.1) is 0 Å². The van der Waals surface area contributed by atoms with E-state index >= 15 is 0 Å². The zero-order chi connectivity index (χ0) is 29.5. The highest BCUT2D eigenvalue weighted by Gasteiger charge is 2.24. The van der Waals surface area contributed by atoms with Crippen LogP contribution in [0, 0.1) is 11.8 Å². The Morgan fingerprint density at radius 2 is 1.71 bits per heavy atom. The minimum atomic E-state index is -0.683. The van der Waals surface area contributed by atoms with Crippen LogP contribution in [0.2, 0.25) is 0 Å². The predicted molar refractivity (Wildman–Crippen MR) is 154 cm³/mol. The Kier molecular flexibility index (Phi) is 9.28. The average Bonchev–Trinajstić information content (AvgIpc) is 3.01. The molecule has 1 aliphatic heterocycles. The third-order valence-electron chi connectivity index (χ3n) is 7.49. The van der Waals surface area contributed by atoms with Gasteiger partial charge in [-0.3, -0.25) is 19.3 Å². The molecule has 0 aliphatic carbocycles. The summed E-state index contributed by atoms with van der Waals surface area (Å²) < 4.78 is 27.9. The third-order valence-corrected chi connectivity index (χ3v) is 7.49. The van der Waals surface area contributed by atoms with Crippen molar-refractivity contribution in [1.29, 1.82) is 0 Å². The Morgan fingerprint density at radius 1 is 0.929 bits per heavy atom. The number of pyridine rings is 1. The minimum absolute atomic E-state index is 0.0335. The van der Waals surface area contributed by atoms with Gasteiger partial charge in [-0.1, -0.05) is 30.7 Å². The number of benzene rings is 2. The van der Waals surface area contributed by atoms with Crippen LogP contribution in [0.3, 0.4) is 0 Å². The van der Waals surface area contributed by atoms with Crippen molar-refractivity contribution >= 4 is 22.6 Å². The van der Waals surface area contributed by atoms with Gasteiger partial charge in [-0.25, -0.2) is 14.5 Å². The van der Waals surface area contributed by atoms with Gasteiger partial charge < -0.3 is 10.2 Å². The molecule has 42 heavy (non-hydrogen) atoms. The van der Waals surface area contributed by atoms with Crippen LogP contribution in [0.25, 0.3) is 10.8 Å². The summed E-state index contributed by atoms with van der Waals surface area (Å²) >= 11 is 0. The normalized spacial score (nSPS) is 13.8. The van der Waals surface area contributed by atoms with Crippen molar-refractivity contribution in [2.24, 2.45) is 0 Å². The molecule has 4 aromatic rings. The van der Waals surface area contributed by atoms with E-state index in [1.807, 2.05) is 12.1 Å². The summed E-state index contributed by atoms with van der Waals surface area (Å²) in [5.74, 6) is -1.90. The molecule has 9 nitrogen and oxygen atoms in total. The minimum Gasteiger partial charge on any atom is -0.352 e. The van der Waals surface area contributed by atoms with E-state index < -0.39 is 11.8 Å². The number of H-pyrrole nitrogens is 1. The van der Waals surface area contributed by atoms with Crippen molar-refractivity contribution in [1.82, 2.24) is 30.3 Å². The number of aromatic amines is 1. The number of aromatic nitrogens is 3. The van der Waals surface area contributed by atoms with Gasteiger partial charge in [-0.2, -0.15) is 9.49 Å². The van der Waals surface area contributed by atoms with Crippen molar-refractivity contribution in [3.8, 4) is 0 Å². The highest BCUT2D eigenvalue weighted by molar-refractivity contribution is 5.95. The maximum Gasteiger partial charge on any atom is 0.272 e. The Labute approximate surface area is 241 Å². The van der Waals surface area contributed by atoms with Crippen molar-refractivity contribution < 1.29 is 18.4 Å². The van der Waals surface area contributed by atoms with E-state index in [0.717, 1.165) is 42.8 Å². The lowest BCUT2D eigenvalue weighted by atomic mass is 10.0. The van der Waals surface area contributed by atoms with Crippen LogP contribution in [0.4, 0.5) is 8.78 Å². The summed E-state index contributed by atoms with van der Waals surface area (Å²) in [6, 6.07) is 14.3. The van der Waals surface area contributed by atoms with Crippen LogP contribution in [-0.2, 0) is 6.42 Å². The van der Waals surface area contributed by atoms with Gasteiger partial charge in [0.1, 0.15) is 5.82 Å². The number of hydrogen-bond acceptors (Lipinski definition) is 6. The number of halogens is 2. The molecular formula is C31H32F2N6O3. The summed E-state index contributed by atoms with van der Waals surface area (Å²) in [6.45, 7) is 3.79. The molecule has 0 bridgehead atoms. The molecule has 2 aromatic heterocycles. The van der Waals surface area contributed by atoms with Gasteiger partial charge in [0.2, 0.25) is 5.95 Å². The Hall–Kier alpha value is -4.51. The molecular weight excluding hydrogens is 542 g/mol. The third kappa shape index (κ3) is 7.03. The van der Waals surface area contributed by atoms with E-state index in [1.54, 1.807) is 29.2 Å². The Bertz CT molecular complexity index is 1630. The fraction of sp³-hybridized carbons (Fsp3) is 0.323. The standard InChI is InChI=1S/C31H32F2N6O3/c32-26-9-8-21(19-27-23-6-2-3-7-24(23)30(41)37-36-27)18-25(26)31(42)39-16-14-38(15-17-39)13-5-1-4-11-35-29(40)22-10-12-34-28(33)20-22/h2-3,6-10,12,18,20H,1,4-5,11,13-17,19H2,(H,35,40)(H,37,41). The molecule has 5 rings (SSSR count). The van der Waals surface area contributed by atoms with Gasteiger partial charge >= 0.3 is 0 Å². The quantitative estimate of drug-likeness (QED) is 0.221.